The SMILES string of the molecule is CC(=O)N1CCNC[C@@H]1C(=O)NC1CCCCC1. The van der Waals surface area contributed by atoms with Crippen LogP contribution in [-0.2, 0) is 9.59 Å². The Morgan fingerprint density at radius 2 is 1.94 bits per heavy atom. The minimum Gasteiger partial charge on any atom is -0.352 e. The molecule has 1 saturated carbocycles. The van der Waals surface area contributed by atoms with E-state index in [-0.39, 0.29) is 17.9 Å². The molecular formula is C13H23N3O2. The summed E-state index contributed by atoms with van der Waals surface area (Å²) in [5.74, 6) is -0.00964. The highest BCUT2D eigenvalue weighted by atomic mass is 16.2. The largest absolute Gasteiger partial charge is 0.352 e. The molecule has 5 heteroatoms. The van der Waals surface area contributed by atoms with Gasteiger partial charge in [0.1, 0.15) is 6.04 Å². The van der Waals surface area contributed by atoms with Crippen molar-refractivity contribution in [3.05, 3.63) is 0 Å². The molecule has 18 heavy (non-hydrogen) atoms. The molecule has 0 unspecified atom stereocenters. The van der Waals surface area contributed by atoms with Gasteiger partial charge < -0.3 is 15.5 Å². The smallest absolute Gasteiger partial charge is 0.244 e. The van der Waals surface area contributed by atoms with E-state index in [1.807, 2.05) is 0 Å². The van der Waals surface area contributed by atoms with Crippen LogP contribution in [-0.4, -0.2) is 48.4 Å². The Labute approximate surface area is 108 Å². The van der Waals surface area contributed by atoms with Crippen molar-refractivity contribution >= 4 is 11.8 Å². The molecule has 2 aliphatic rings. The molecule has 1 aliphatic carbocycles. The van der Waals surface area contributed by atoms with Gasteiger partial charge in [-0.3, -0.25) is 9.59 Å². The lowest BCUT2D eigenvalue weighted by atomic mass is 9.95. The van der Waals surface area contributed by atoms with E-state index in [0.29, 0.717) is 19.1 Å². The van der Waals surface area contributed by atoms with E-state index in [9.17, 15) is 9.59 Å². The van der Waals surface area contributed by atoms with Crippen LogP contribution in [0.3, 0.4) is 0 Å². The molecule has 0 radical (unpaired) electrons. The zero-order chi connectivity index (χ0) is 13.0. The lowest BCUT2D eigenvalue weighted by Crippen LogP contribution is -2.60. The fraction of sp³-hybridized carbons (Fsp3) is 0.846. The number of carbonyl (C=O) groups is 2. The Balaban J connectivity index is 1.91. The molecule has 1 atom stereocenters. The third-order valence-corrected chi connectivity index (χ3v) is 3.90. The van der Waals surface area contributed by atoms with Crippen LogP contribution in [0.1, 0.15) is 39.0 Å². The second kappa shape index (κ2) is 6.18. The summed E-state index contributed by atoms with van der Waals surface area (Å²) in [5.41, 5.74) is 0. The van der Waals surface area contributed by atoms with Crippen molar-refractivity contribution in [3.8, 4) is 0 Å². The Bertz CT molecular complexity index is 313. The number of nitrogens with one attached hydrogen (secondary N) is 2. The minimum atomic E-state index is -0.335. The summed E-state index contributed by atoms with van der Waals surface area (Å²) in [4.78, 5) is 25.4. The second-order valence-corrected chi connectivity index (χ2v) is 5.28. The van der Waals surface area contributed by atoms with Gasteiger partial charge in [-0.1, -0.05) is 19.3 Å². The van der Waals surface area contributed by atoms with Crippen molar-refractivity contribution in [1.29, 1.82) is 0 Å². The van der Waals surface area contributed by atoms with Gasteiger partial charge in [0.25, 0.3) is 0 Å². The van der Waals surface area contributed by atoms with Crippen molar-refractivity contribution in [3.63, 3.8) is 0 Å². The van der Waals surface area contributed by atoms with Gasteiger partial charge in [0.15, 0.2) is 0 Å². The van der Waals surface area contributed by atoms with E-state index in [1.165, 1.54) is 26.2 Å². The summed E-state index contributed by atoms with van der Waals surface area (Å²) in [6, 6.07) is -0.0276. The van der Waals surface area contributed by atoms with Gasteiger partial charge in [-0.2, -0.15) is 0 Å². The van der Waals surface area contributed by atoms with E-state index in [0.717, 1.165) is 19.4 Å². The van der Waals surface area contributed by atoms with E-state index in [4.69, 9.17) is 0 Å². The molecule has 2 rings (SSSR count). The average molecular weight is 253 g/mol. The lowest BCUT2D eigenvalue weighted by Gasteiger charge is -2.35. The lowest BCUT2D eigenvalue weighted by molar-refractivity contribution is -0.140. The summed E-state index contributed by atoms with van der Waals surface area (Å²) in [6.07, 6.45) is 5.82. The van der Waals surface area contributed by atoms with Crippen LogP contribution >= 0.6 is 0 Å². The van der Waals surface area contributed by atoms with Crippen LogP contribution < -0.4 is 10.6 Å². The number of hydrogen-bond acceptors (Lipinski definition) is 3. The van der Waals surface area contributed by atoms with E-state index < -0.39 is 0 Å². The number of carbonyl (C=O) groups excluding carboxylic acids is 2. The zero-order valence-electron chi connectivity index (χ0n) is 11.1. The van der Waals surface area contributed by atoms with Gasteiger partial charge in [0.2, 0.25) is 11.8 Å². The molecule has 0 spiro atoms. The number of nitrogens with zero attached hydrogens (tertiary/aromatic N) is 1. The topological polar surface area (TPSA) is 61.4 Å². The molecule has 0 aromatic heterocycles. The van der Waals surface area contributed by atoms with Crippen LogP contribution in [0.25, 0.3) is 0 Å². The normalized spacial score (nSPS) is 25.8. The van der Waals surface area contributed by atoms with E-state index in [1.54, 1.807) is 4.90 Å². The molecule has 102 valence electrons. The highest BCUT2D eigenvalue weighted by Crippen LogP contribution is 2.17. The first-order chi connectivity index (χ1) is 8.68. The Kier molecular flexibility index (Phi) is 4.58. The summed E-state index contributed by atoms with van der Waals surface area (Å²) in [6.45, 7) is 3.50. The third kappa shape index (κ3) is 3.22. The third-order valence-electron chi connectivity index (χ3n) is 3.90. The maximum absolute atomic E-state index is 12.2. The average Bonchev–Trinajstić information content (AvgIpc) is 2.40. The Morgan fingerprint density at radius 1 is 1.22 bits per heavy atom. The molecule has 0 bridgehead atoms. The molecule has 5 nitrogen and oxygen atoms in total. The molecule has 2 N–H and O–H groups in total. The number of hydrogen-bond donors (Lipinski definition) is 2. The number of piperazine rings is 1. The molecule has 2 amide bonds. The minimum absolute atomic E-state index is 0.00398. The summed E-state index contributed by atoms with van der Waals surface area (Å²) < 4.78 is 0. The zero-order valence-corrected chi connectivity index (χ0v) is 11.1. The van der Waals surface area contributed by atoms with Crippen molar-refractivity contribution in [2.24, 2.45) is 0 Å². The highest BCUT2D eigenvalue weighted by Gasteiger charge is 2.31. The van der Waals surface area contributed by atoms with Gasteiger partial charge >= 0.3 is 0 Å². The van der Waals surface area contributed by atoms with Crippen molar-refractivity contribution < 1.29 is 9.59 Å². The van der Waals surface area contributed by atoms with Gasteiger partial charge in [-0.25, -0.2) is 0 Å². The van der Waals surface area contributed by atoms with E-state index in [2.05, 4.69) is 10.6 Å². The summed E-state index contributed by atoms with van der Waals surface area (Å²) in [5, 5.41) is 6.28. The second-order valence-electron chi connectivity index (χ2n) is 5.28. The molecular weight excluding hydrogens is 230 g/mol. The molecule has 0 aromatic rings. The Morgan fingerprint density at radius 3 is 2.61 bits per heavy atom. The number of rotatable bonds is 2. The first-order valence-corrected chi connectivity index (χ1v) is 6.97. The quantitative estimate of drug-likeness (QED) is 0.742. The predicted molar refractivity (Wildman–Crippen MR) is 69.1 cm³/mol. The molecule has 1 heterocycles. The van der Waals surface area contributed by atoms with Gasteiger partial charge in [0.05, 0.1) is 0 Å². The van der Waals surface area contributed by atoms with E-state index >= 15 is 0 Å². The predicted octanol–water partition coefficient (Wildman–Crippen LogP) is 0.256. The van der Waals surface area contributed by atoms with Crippen LogP contribution in [0.4, 0.5) is 0 Å². The Hall–Kier alpha value is -1.10. The monoisotopic (exact) mass is 253 g/mol. The van der Waals surface area contributed by atoms with Gasteiger partial charge in [-0.15, -0.1) is 0 Å². The number of amides is 2. The fourth-order valence-corrected chi connectivity index (χ4v) is 2.86. The van der Waals surface area contributed by atoms with Crippen LogP contribution in [0.5, 0.6) is 0 Å². The van der Waals surface area contributed by atoms with Crippen LogP contribution in [0.15, 0.2) is 0 Å². The van der Waals surface area contributed by atoms with Crippen molar-refractivity contribution in [2.75, 3.05) is 19.6 Å². The fourth-order valence-electron chi connectivity index (χ4n) is 2.86. The van der Waals surface area contributed by atoms with Crippen molar-refractivity contribution in [2.45, 2.75) is 51.1 Å². The molecule has 1 aliphatic heterocycles. The summed E-state index contributed by atoms with van der Waals surface area (Å²) in [7, 11) is 0. The standard InChI is InChI=1S/C13H23N3O2/c1-10(17)16-8-7-14-9-12(16)13(18)15-11-5-3-2-4-6-11/h11-12,14H,2-9H2,1H3,(H,15,18)/t12-/m1/s1. The summed E-state index contributed by atoms with van der Waals surface area (Å²) >= 11 is 0. The van der Waals surface area contributed by atoms with Crippen LogP contribution in [0, 0.1) is 0 Å². The molecule has 1 saturated heterocycles. The maximum atomic E-state index is 12.2. The first-order valence-electron chi connectivity index (χ1n) is 6.97. The van der Waals surface area contributed by atoms with Gasteiger partial charge in [-0.05, 0) is 12.8 Å². The van der Waals surface area contributed by atoms with Crippen molar-refractivity contribution in [1.82, 2.24) is 15.5 Å². The van der Waals surface area contributed by atoms with Gasteiger partial charge in [0, 0.05) is 32.6 Å². The molecule has 0 aromatic carbocycles. The van der Waals surface area contributed by atoms with Crippen LogP contribution in [0.2, 0.25) is 0 Å². The maximum Gasteiger partial charge on any atom is 0.244 e. The first kappa shape index (κ1) is 13.3. The molecule has 2 fully saturated rings. The highest BCUT2D eigenvalue weighted by molar-refractivity contribution is 5.87.